The highest BCUT2D eigenvalue weighted by atomic mass is 127. The molecule has 19 heavy (non-hydrogen) atoms. The molecule has 2 saturated heterocycles. The molecule has 3 unspecified atom stereocenters. The molecule has 3 atom stereocenters. The van der Waals surface area contributed by atoms with Gasteiger partial charge in [0.15, 0.2) is 0 Å². The van der Waals surface area contributed by atoms with E-state index in [9.17, 15) is 0 Å². The number of aryl methyl sites for hydroxylation is 1. The number of anilines is 1. The Balaban J connectivity index is 1.94. The number of hydrogen-bond donors (Lipinski definition) is 1. The maximum absolute atomic E-state index is 5.94. The Morgan fingerprint density at radius 2 is 2.16 bits per heavy atom. The van der Waals surface area contributed by atoms with Crippen LogP contribution in [0.4, 0.5) is 5.82 Å². The Morgan fingerprint density at radius 1 is 1.32 bits per heavy atom. The number of nitrogens with zero attached hydrogens (tertiary/aromatic N) is 2. The molecule has 2 aliphatic rings. The van der Waals surface area contributed by atoms with Crippen LogP contribution in [-0.2, 0) is 11.2 Å². The maximum Gasteiger partial charge on any atom is 0.143 e. The highest BCUT2D eigenvalue weighted by Gasteiger charge is 2.43. The number of fused-ring (bicyclic) bond motifs is 2. The van der Waals surface area contributed by atoms with Gasteiger partial charge in [0.25, 0.3) is 0 Å². The molecule has 0 aromatic carbocycles. The lowest BCUT2D eigenvalue weighted by molar-refractivity contribution is 0.0998. The summed E-state index contributed by atoms with van der Waals surface area (Å²) >= 11 is 2.35. The first kappa shape index (κ1) is 13.5. The minimum absolute atomic E-state index is 0.351. The molecule has 2 bridgehead atoms. The van der Waals surface area contributed by atoms with Gasteiger partial charge in [-0.05, 0) is 55.2 Å². The van der Waals surface area contributed by atoms with Crippen molar-refractivity contribution in [3.8, 4) is 0 Å². The molecule has 0 radical (unpaired) electrons. The van der Waals surface area contributed by atoms with Crippen molar-refractivity contribution in [3.05, 3.63) is 15.1 Å². The summed E-state index contributed by atoms with van der Waals surface area (Å²) in [6, 6.07) is 0. The molecule has 0 spiro atoms. The van der Waals surface area contributed by atoms with Crippen LogP contribution >= 0.6 is 22.6 Å². The van der Waals surface area contributed by atoms with Crippen molar-refractivity contribution in [2.45, 2.75) is 57.7 Å². The molecule has 0 amide bonds. The largest absolute Gasteiger partial charge is 0.374 e. The zero-order chi connectivity index (χ0) is 13.4. The van der Waals surface area contributed by atoms with E-state index >= 15 is 0 Å². The van der Waals surface area contributed by atoms with Gasteiger partial charge in [0.05, 0.1) is 21.5 Å². The van der Waals surface area contributed by atoms with Crippen LogP contribution in [0.5, 0.6) is 0 Å². The normalized spacial score (nSPS) is 28.9. The van der Waals surface area contributed by atoms with Crippen LogP contribution in [0.3, 0.4) is 0 Å². The van der Waals surface area contributed by atoms with E-state index in [2.05, 4.69) is 41.8 Å². The van der Waals surface area contributed by atoms with Crippen LogP contribution in [0.25, 0.3) is 0 Å². The van der Waals surface area contributed by atoms with Crippen molar-refractivity contribution < 1.29 is 4.74 Å². The second kappa shape index (κ2) is 5.52. The van der Waals surface area contributed by atoms with Crippen molar-refractivity contribution in [3.63, 3.8) is 0 Å². The zero-order valence-electron chi connectivity index (χ0n) is 11.4. The highest BCUT2D eigenvalue weighted by Crippen LogP contribution is 2.43. The van der Waals surface area contributed by atoms with Gasteiger partial charge < -0.3 is 10.1 Å². The molecular weight excluding hydrogens is 353 g/mol. The first-order valence-corrected chi connectivity index (χ1v) is 8.26. The van der Waals surface area contributed by atoms with Gasteiger partial charge >= 0.3 is 0 Å². The van der Waals surface area contributed by atoms with E-state index in [1.54, 1.807) is 0 Å². The molecule has 0 saturated carbocycles. The van der Waals surface area contributed by atoms with Gasteiger partial charge in [0, 0.05) is 12.5 Å². The Labute approximate surface area is 127 Å². The molecule has 3 rings (SSSR count). The summed E-state index contributed by atoms with van der Waals surface area (Å²) in [7, 11) is 0. The van der Waals surface area contributed by atoms with E-state index in [1.165, 1.54) is 12.8 Å². The molecule has 1 aromatic rings. The number of aromatic nitrogens is 2. The maximum atomic E-state index is 5.94. The van der Waals surface area contributed by atoms with Crippen molar-refractivity contribution in [1.29, 1.82) is 0 Å². The predicted molar refractivity (Wildman–Crippen MR) is 83.5 cm³/mol. The molecule has 5 heteroatoms. The molecule has 104 valence electrons. The van der Waals surface area contributed by atoms with E-state index in [4.69, 9.17) is 14.7 Å². The monoisotopic (exact) mass is 373 g/mol. The number of ether oxygens (including phenoxy) is 1. The first-order valence-electron chi connectivity index (χ1n) is 7.18. The summed E-state index contributed by atoms with van der Waals surface area (Å²) in [4.78, 5) is 9.56. The van der Waals surface area contributed by atoms with Crippen LogP contribution < -0.4 is 5.32 Å². The summed E-state index contributed by atoms with van der Waals surface area (Å²) in [6.45, 7) is 5.15. The average Bonchev–Trinajstić information content (AvgIpc) is 3.03. The van der Waals surface area contributed by atoms with Gasteiger partial charge in [0.2, 0.25) is 0 Å². The van der Waals surface area contributed by atoms with Crippen LogP contribution in [0.15, 0.2) is 0 Å². The fraction of sp³-hybridized carbons (Fsp3) is 0.714. The molecule has 3 heterocycles. The SMILES string of the molecule is CCNc1nc(C2CC3CCC2O3)nc(CC)c1I. The minimum Gasteiger partial charge on any atom is -0.374 e. The molecule has 0 aliphatic carbocycles. The third-order valence-corrected chi connectivity index (χ3v) is 5.19. The van der Waals surface area contributed by atoms with Crippen molar-refractivity contribution in [2.75, 3.05) is 11.9 Å². The lowest BCUT2D eigenvalue weighted by Gasteiger charge is -2.19. The van der Waals surface area contributed by atoms with Crippen molar-refractivity contribution in [2.24, 2.45) is 0 Å². The van der Waals surface area contributed by atoms with Gasteiger partial charge in [-0.2, -0.15) is 0 Å². The molecular formula is C14H20IN3O. The predicted octanol–water partition coefficient (Wildman–Crippen LogP) is 3.11. The molecule has 2 fully saturated rings. The van der Waals surface area contributed by atoms with Crippen LogP contribution in [0.1, 0.15) is 50.5 Å². The smallest absolute Gasteiger partial charge is 0.143 e. The molecule has 4 nitrogen and oxygen atoms in total. The van der Waals surface area contributed by atoms with E-state index in [-0.39, 0.29) is 0 Å². The Hall–Kier alpha value is -0.430. The zero-order valence-corrected chi connectivity index (χ0v) is 13.6. The first-order chi connectivity index (χ1) is 9.22. The van der Waals surface area contributed by atoms with E-state index in [0.717, 1.165) is 40.3 Å². The minimum atomic E-state index is 0.351. The summed E-state index contributed by atoms with van der Waals surface area (Å²) in [5.41, 5.74) is 1.16. The molecule has 1 aromatic heterocycles. The summed E-state index contributed by atoms with van der Waals surface area (Å²) in [5.74, 6) is 2.38. The third-order valence-electron chi connectivity index (χ3n) is 4.05. The Morgan fingerprint density at radius 3 is 2.74 bits per heavy atom. The second-order valence-electron chi connectivity index (χ2n) is 5.29. The van der Waals surface area contributed by atoms with Gasteiger partial charge in [0.1, 0.15) is 11.6 Å². The highest BCUT2D eigenvalue weighted by molar-refractivity contribution is 14.1. The van der Waals surface area contributed by atoms with E-state index in [1.807, 2.05) is 0 Å². The number of nitrogens with one attached hydrogen (secondary N) is 1. The number of rotatable bonds is 4. The molecule has 1 N–H and O–H groups in total. The van der Waals surface area contributed by atoms with Gasteiger partial charge in [-0.3, -0.25) is 0 Å². The second-order valence-corrected chi connectivity index (χ2v) is 6.37. The quantitative estimate of drug-likeness (QED) is 0.824. The summed E-state index contributed by atoms with van der Waals surface area (Å²) in [6.07, 6.45) is 5.23. The van der Waals surface area contributed by atoms with E-state index < -0.39 is 0 Å². The Bertz CT molecular complexity index is 480. The number of halogens is 1. The third kappa shape index (κ3) is 2.46. The van der Waals surface area contributed by atoms with Crippen LogP contribution in [0, 0.1) is 3.57 Å². The molecule has 2 aliphatic heterocycles. The van der Waals surface area contributed by atoms with Crippen LogP contribution in [-0.4, -0.2) is 28.7 Å². The standard InChI is InChI=1S/C14H20IN3O/c1-3-10-12(15)14(16-4-2)18-13(17-10)9-7-8-5-6-11(9)19-8/h8-9,11H,3-7H2,1-2H3,(H,16,17,18). The average molecular weight is 373 g/mol. The summed E-state index contributed by atoms with van der Waals surface area (Å²) in [5, 5.41) is 3.36. The van der Waals surface area contributed by atoms with Crippen molar-refractivity contribution >= 4 is 28.4 Å². The lowest BCUT2D eigenvalue weighted by Crippen LogP contribution is -2.19. The fourth-order valence-electron chi connectivity index (χ4n) is 3.11. The van der Waals surface area contributed by atoms with E-state index in [0.29, 0.717) is 18.1 Å². The number of hydrogen-bond acceptors (Lipinski definition) is 4. The van der Waals surface area contributed by atoms with Crippen LogP contribution in [0.2, 0.25) is 0 Å². The van der Waals surface area contributed by atoms with Gasteiger partial charge in [-0.15, -0.1) is 0 Å². The lowest BCUT2D eigenvalue weighted by atomic mass is 9.88. The van der Waals surface area contributed by atoms with Gasteiger partial charge in [-0.25, -0.2) is 9.97 Å². The Kier molecular flexibility index (Phi) is 3.93. The summed E-state index contributed by atoms with van der Waals surface area (Å²) < 4.78 is 7.10. The fourth-order valence-corrected chi connectivity index (χ4v) is 3.92. The topological polar surface area (TPSA) is 47.0 Å². The van der Waals surface area contributed by atoms with Gasteiger partial charge in [-0.1, -0.05) is 6.92 Å². The van der Waals surface area contributed by atoms with Crippen molar-refractivity contribution in [1.82, 2.24) is 9.97 Å².